The van der Waals surface area contributed by atoms with Gasteiger partial charge < -0.3 is 14.3 Å². The minimum Gasteiger partial charge on any atom is -0.447 e. The number of rotatable bonds is 5. The SMILES string of the molecule is Cc1nc2ccccc2n1CCNCc1cnco1. The molecule has 1 aromatic carbocycles. The van der Waals surface area contributed by atoms with Crippen LogP contribution < -0.4 is 5.32 Å². The second-order valence-electron chi connectivity index (χ2n) is 4.44. The van der Waals surface area contributed by atoms with Crippen LogP contribution in [-0.2, 0) is 13.1 Å². The number of aryl methyl sites for hydroxylation is 1. The number of imidazole rings is 1. The molecule has 98 valence electrons. The topological polar surface area (TPSA) is 55.9 Å². The Labute approximate surface area is 111 Å². The van der Waals surface area contributed by atoms with Gasteiger partial charge in [-0.25, -0.2) is 9.97 Å². The molecule has 0 saturated heterocycles. The molecule has 3 aromatic rings. The Morgan fingerprint density at radius 2 is 2.21 bits per heavy atom. The third kappa shape index (κ3) is 2.51. The number of nitrogens with one attached hydrogen (secondary N) is 1. The summed E-state index contributed by atoms with van der Waals surface area (Å²) in [5.41, 5.74) is 2.23. The van der Waals surface area contributed by atoms with E-state index in [-0.39, 0.29) is 0 Å². The molecule has 0 amide bonds. The van der Waals surface area contributed by atoms with Crippen molar-refractivity contribution in [3.63, 3.8) is 0 Å². The fourth-order valence-corrected chi connectivity index (χ4v) is 2.21. The number of hydrogen-bond donors (Lipinski definition) is 1. The lowest BCUT2D eigenvalue weighted by Gasteiger charge is -2.07. The van der Waals surface area contributed by atoms with Crippen LogP contribution in [0.3, 0.4) is 0 Å². The van der Waals surface area contributed by atoms with Gasteiger partial charge in [-0.3, -0.25) is 0 Å². The van der Waals surface area contributed by atoms with Crippen LogP contribution in [0.2, 0.25) is 0 Å². The van der Waals surface area contributed by atoms with Crippen LogP contribution in [0.15, 0.2) is 41.3 Å². The van der Waals surface area contributed by atoms with Gasteiger partial charge >= 0.3 is 0 Å². The molecule has 0 bridgehead atoms. The van der Waals surface area contributed by atoms with Crippen molar-refractivity contribution in [1.82, 2.24) is 19.9 Å². The molecule has 0 unspecified atom stereocenters. The molecule has 2 aromatic heterocycles. The number of fused-ring (bicyclic) bond motifs is 1. The van der Waals surface area contributed by atoms with Gasteiger partial charge in [0, 0.05) is 13.1 Å². The van der Waals surface area contributed by atoms with Crippen LogP contribution in [0.4, 0.5) is 0 Å². The number of benzene rings is 1. The molecule has 0 aliphatic rings. The molecule has 19 heavy (non-hydrogen) atoms. The van der Waals surface area contributed by atoms with E-state index in [1.807, 2.05) is 25.1 Å². The summed E-state index contributed by atoms with van der Waals surface area (Å²) >= 11 is 0. The Hall–Kier alpha value is -2.14. The van der Waals surface area contributed by atoms with Crippen molar-refractivity contribution in [1.29, 1.82) is 0 Å². The fraction of sp³-hybridized carbons (Fsp3) is 0.286. The van der Waals surface area contributed by atoms with E-state index < -0.39 is 0 Å². The van der Waals surface area contributed by atoms with Crippen LogP contribution in [-0.4, -0.2) is 21.1 Å². The van der Waals surface area contributed by atoms with Crippen LogP contribution in [0.5, 0.6) is 0 Å². The molecule has 0 aliphatic heterocycles. The summed E-state index contributed by atoms with van der Waals surface area (Å²) in [6.45, 7) is 4.49. The smallest absolute Gasteiger partial charge is 0.180 e. The predicted octanol–water partition coefficient (Wildman–Crippen LogP) is 2.12. The van der Waals surface area contributed by atoms with E-state index >= 15 is 0 Å². The lowest BCUT2D eigenvalue weighted by molar-refractivity contribution is 0.472. The Bertz CT molecular complexity index is 657. The highest BCUT2D eigenvalue weighted by atomic mass is 16.3. The van der Waals surface area contributed by atoms with Crippen molar-refractivity contribution < 1.29 is 4.42 Å². The molecule has 1 N–H and O–H groups in total. The summed E-state index contributed by atoms with van der Waals surface area (Å²) in [6, 6.07) is 8.20. The minimum absolute atomic E-state index is 0.700. The van der Waals surface area contributed by atoms with Gasteiger partial charge in [-0.15, -0.1) is 0 Å². The van der Waals surface area contributed by atoms with E-state index in [2.05, 4.69) is 25.9 Å². The molecule has 0 fully saturated rings. The van der Waals surface area contributed by atoms with E-state index in [4.69, 9.17) is 4.42 Å². The zero-order valence-electron chi connectivity index (χ0n) is 10.8. The van der Waals surface area contributed by atoms with Crippen LogP contribution in [0.25, 0.3) is 11.0 Å². The molecule has 3 rings (SSSR count). The standard InChI is InChI=1S/C14H16N4O/c1-11-17-13-4-2-3-5-14(13)18(11)7-6-15-8-12-9-16-10-19-12/h2-5,9-10,15H,6-8H2,1H3. The number of oxazole rings is 1. The van der Waals surface area contributed by atoms with E-state index in [9.17, 15) is 0 Å². The highest BCUT2D eigenvalue weighted by molar-refractivity contribution is 5.75. The van der Waals surface area contributed by atoms with E-state index in [0.717, 1.165) is 30.2 Å². The monoisotopic (exact) mass is 256 g/mol. The summed E-state index contributed by atoms with van der Waals surface area (Å²) < 4.78 is 7.40. The molecular formula is C14H16N4O. The van der Waals surface area contributed by atoms with Gasteiger partial charge in [0.05, 0.1) is 23.8 Å². The van der Waals surface area contributed by atoms with Gasteiger partial charge in [0.15, 0.2) is 6.39 Å². The van der Waals surface area contributed by atoms with Crippen LogP contribution in [0, 0.1) is 6.92 Å². The molecule has 2 heterocycles. The largest absolute Gasteiger partial charge is 0.447 e. The first kappa shape index (κ1) is 11.9. The maximum Gasteiger partial charge on any atom is 0.180 e. The third-order valence-corrected chi connectivity index (χ3v) is 3.14. The summed E-state index contributed by atoms with van der Waals surface area (Å²) in [5.74, 6) is 1.90. The maximum absolute atomic E-state index is 5.17. The fourth-order valence-electron chi connectivity index (χ4n) is 2.21. The van der Waals surface area contributed by atoms with Crippen molar-refractivity contribution in [2.75, 3.05) is 6.54 Å². The van der Waals surface area contributed by atoms with Gasteiger partial charge in [-0.05, 0) is 19.1 Å². The Balaban J connectivity index is 1.63. The van der Waals surface area contributed by atoms with Gasteiger partial charge in [0.2, 0.25) is 0 Å². The minimum atomic E-state index is 0.700. The average Bonchev–Trinajstić information content (AvgIpc) is 3.02. The van der Waals surface area contributed by atoms with Crippen molar-refractivity contribution in [2.45, 2.75) is 20.0 Å². The first-order valence-corrected chi connectivity index (χ1v) is 6.34. The van der Waals surface area contributed by atoms with E-state index in [1.54, 1.807) is 6.20 Å². The van der Waals surface area contributed by atoms with Gasteiger partial charge in [-0.2, -0.15) is 0 Å². The average molecular weight is 256 g/mol. The second-order valence-corrected chi connectivity index (χ2v) is 4.44. The van der Waals surface area contributed by atoms with E-state index in [1.165, 1.54) is 11.9 Å². The van der Waals surface area contributed by atoms with Crippen molar-refractivity contribution in [2.24, 2.45) is 0 Å². The van der Waals surface area contributed by atoms with Gasteiger partial charge in [0.25, 0.3) is 0 Å². The molecule has 5 nitrogen and oxygen atoms in total. The zero-order valence-corrected chi connectivity index (χ0v) is 10.8. The lowest BCUT2D eigenvalue weighted by Crippen LogP contribution is -2.19. The number of nitrogens with zero attached hydrogens (tertiary/aromatic N) is 3. The maximum atomic E-state index is 5.17. The van der Waals surface area contributed by atoms with Gasteiger partial charge in [-0.1, -0.05) is 12.1 Å². The molecule has 0 spiro atoms. The molecule has 0 radical (unpaired) electrons. The first-order valence-electron chi connectivity index (χ1n) is 6.34. The van der Waals surface area contributed by atoms with Crippen molar-refractivity contribution in [3.05, 3.63) is 48.4 Å². The normalized spacial score (nSPS) is 11.2. The quantitative estimate of drug-likeness (QED) is 0.710. The Kier molecular flexibility index (Phi) is 3.29. The van der Waals surface area contributed by atoms with E-state index in [0.29, 0.717) is 6.54 Å². The highest BCUT2D eigenvalue weighted by Gasteiger charge is 2.05. The zero-order chi connectivity index (χ0) is 13.1. The second kappa shape index (κ2) is 5.24. The number of para-hydroxylation sites is 2. The van der Waals surface area contributed by atoms with Gasteiger partial charge in [0.1, 0.15) is 11.6 Å². The lowest BCUT2D eigenvalue weighted by atomic mass is 10.3. The molecule has 0 atom stereocenters. The predicted molar refractivity (Wildman–Crippen MR) is 72.7 cm³/mol. The summed E-state index contributed by atoms with van der Waals surface area (Å²) in [7, 11) is 0. The Morgan fingerprint density at radius 3 is 3.05 bits per heavy atom. The molecule has 0 saturated carbocycles. The molecule has 5 heteroatoms. The summed E-state index contributed by atoms with van der Waals surface area (Å²) in [5, 5.41) is 3.34. The first-order chi connectivity index (χ1) is 9.34. The van der Waals surface area contributed by atoms with Crippen molar-refractivity contribution in [3.8, 4) is 0 Å². The molecule has 0 aliphatic carbocycles. The number of hydrogen-bond acceptors (Lipinski definition) is 4. The number of aromatic nitrogens is 3. The van der Waals surface area contributed by atoms with Crippen LogP contribution in [0.1, 0.15) is 11.6 Å². The highest BCUT2D eigenvalue weighted by Crippen LogP contribution is 2.14. The molecular weight excluding hydrogens is 240 g/mol. The summed E-state index contributed by atoms with van der Waals surface area (Å²) in [4.78, 5) is 8.43. The van der Waals surface area contributed by atoms with Crippen molar-refractivity contribution >= 4 is 11.0 Å². The third-order valence-electron chi connectivity index (χ3n) is 3.14. The van der Waals surface area contributed by atoms with Crippen LogP contribution >= 0.6 is 0 Å². The summed E-state index contributed by atoms with van der Waals surface area (Å²) in [6.07, 6.45) is 3.18. The Morgan fingerprint density at radius 1 is 1.32 bits per heavy atom.